The minimum absolute atomic E-state index is 0.407. The highest BCUT2D eigenvalue weighted by molar-refractivity contribution is 9.10. The summed E-state index contributed by atoms with van der Waals surface area (Å²) in [6.07, 6.45) is 0.769. The number of ketones is 1. The maximum absolute atomic E-state index is 12.1. The summed E-state index contributed by atoms with van der Waals surface area (Å²) >= 11 is 5.04. The summed E-state index contributed by atoms with van der Waals surface area (Å²) < 4.78 is 0.829. The number of amides is 1. The van der Waals surface area contributed by atoms with E-state index in [1.54, 1.807) is 22.3 Å². The normalized spacial score (nSPS) is 14.0. The lowest BCUT2D eigenvalue weighted by Crippen LogP contribution is -2.31. The van der Waals surface area contributed by atoms with Gasteiger partial charge in [-0.25, -0.2) is 0 Å². The zero-order valence-corrected chi connectivity index (χ0v) is 13.3. The van der Waals surface area contributed by atoms with E-state index in [-0.39, 0.29) is 0 Å². The molecule has 2 heterocycles. The number of aryl methyl sites for hydroxylation is 1. The van der Waals surface area contributed by atoms with Crippen molar-refractivity contribution >= 4 is 44.6 Å². The van der Waals surface area contributed by atoms with Crippen LogP contribution in [0.3, 0.4) is 0 Å². The van der Waals surface area contributed by atoms with E-state index in [4.69, 9.17) is 0 Å². The highest BCUT2D eigenvalue weighted by Gasteiger charge is 2.36. The zero-order chi connectivity index (χ0) is 14.3. The number of benzene rings is 1. The third-order valence-corrected chi connectivity index (χ3v) is 4.78. The quantitative estimate of drug-likeness (QED) is 0.794. The Balaban J connectivity index is 1.93. The molecule has 0 saturated carbocycles. The molecule has 20 heavy (non-hydrogen) atoms. The monoisotopic (exact) mass is 349 g/mol. The van der Waals surface area contributed by atoms with Gasteiger partial charge in [0, 0.05) is 15.9 Å². The van der Waals surface area contributed by atoms with Crippen molar-refractivity contribution in [2.45, 2.75) is 13.3 Å². The molecule has 1 amide bonds. The van der Waals surface area contributed by atoms with Gasteiger partial charge >= 0.3 is 0 Å². The number of hydrogen-bond donors (Lipinski definition) is 0. The average Bonchev–Trinajstić information content (AvgIpc) is 2.98. The minimum atomic E-state index is -0.419. The van der Waals surface area contributed by atoms with E-state index in [1.807, 2.05) is 30.5 Å². The van der Waals surface area contributed by atoms with Crippen molar-refractivity contribution in [3.05, 3.63) is 50.1 Å². The molecule has 1 aromatic carbocycles. The molecule has 3 rings (SSSR count). The van der Waals surface area contributed by atoms with Crippen molar-refractivity contribution < 1.29 is 9.59 Å². The number of fused-ring (bicyclic) bond motifs is 1. The minimum Gasteiger partial charge on any atom is -0.304 e. The van der Waals surface area contributed by atoms with Gasteiger partial charge in [-0.15, -0.1) is 11.3 Å². The predicted octanol–water partition coefficient (Wildman–Crippen LogP) is 3.59. The van der Waals surface area contributed by atoms with E-state index in [0.717, 1.165) is 22.1 Å². The van der Waals surface area contributed by atoms with Crippen LogP contribution in [0.1, 0.15) is 20.8 Å². The molecule has 0 spiro atoms. The first-order chi connectivity index (χ1) is 9.58. The Bertz CT molecular complexity index is 694. The van der Waals surface area contributed by atoms with Crippen LogP contribution in [0.2, 0.25) is 0 Å². The van der Waals surface area contributed by atoms with Gasteiger partial charge in [0.15, 0.2) is 0 Å². The van der Waals surface area contributed by atoms with E-state index in [2.05, 4.69) is 15.9 Å². The molecule has 0 fully saturated rings. The molecule has 1 aliphatic rings. The fourth-order valence-corrected chi connectivity index (χ4v) is 3.77. The van der Waals surface area contributed by atoms with Crippen LogP contribution < -0.4 is 4.90 Å². The standard InChI is InChI=1S/C15H12BrNO2S/c1-9-7-10(16)8-12-13(9)17(15(19)14(12)18)5-4-11-3-2-6-20-11/h2-3,6-8H,4-5H2,1H3. The van der Waals surface area contributed by atoms with Crippen molar-refractivity contribution in [3.63, 3.8) is 0 Å². The van der Waals surface area contributed by atoms with Gasteiger partial charge in [-0.05, 0) is 42.5 Å². The number of nitrogens with zero attached hydrogens (tertiary/aromatic N) is 1. The Morgan fingerprint density at radius 3 is 2.80 bits per heavy atom. The van der Waals surface area contributed by atoms with Gasteiger partial charge in [0.2, 0.25) is 0 Å². The van der Waals surface area contributed by atoms with Gasteiger partial charge in [0.05, 0.1) is 11.3 Å². The van der Waals surface area contributed by atoms with Crippen LogP contribution in [0.25, 0.3) is 0 Å². The molecule has 1 aliphatic heterocycles. The highest BCUT2D eigenvalue weighted by Crippen LogP contribution is 2.35. The van der Waals surface area contributed by atoms with Crippen LogP contribution in [0.5, 0.6) is 0 Å². The molecule has 102 valence electrons. The molecule has 0 N–H and O–H groups in total. The molecular weight excluding hydrogens is 338 g/mol. The van der Waals surface area contributed by atoms with Gasteiger partial charge in [0.25, 0.3) is 11.7 Å². The molecular formula is C15H12BrNO2S. The van der Waals surface area contributed by atoms with E-state index in [1.165, 1.54) is 4.88 Å². The van der Waals surface area contributed by atoms with Gasteiger partial charge in [-0.3, -0.25) is 9.59 Å². The number of carbonyl (C=O) groups excluding carboxylic acids is 2. The Morgan fingerprint density at radius 2 is 2.10 bits per heavy atom. The van der Waals surface area contributed by atoms with Crippen molar-refractivity contribution in [1.29, 1.82) is 0 Å². The smallest absolute Gasteiger partial charge is 0.299 e. The summed E-state index contributed by atoms with van der Waals surface area (Å²) in [5.74, 6) is -0.826. The van der Waals surface area contributed by atoms with Gasteiger partial charge in [0.1, 0.15) is 0 Å². The number of rotatable bonds is 3. The molecule has 2 aromatic rings. The highest BCUT2D eigenvalue weighted by atomic mass is 79.9. The van der Waals surface area contributed by atoms with Crippen LogP contribution in [0.15, 0.2) is 34.1 Å². The molecule has 3 nitrogen and oxygen atoms in total. The number of Topliss-reactive ketones (excluding diaryl/α,β-unsaturated/α-hetero) is 1. The Labute approximate surface area is 129 Å². The lowest BCUT2D eigenvalue weighted by atomic mass is 10.1. The Hall–Kier alpha value is -1.46. The second-order valence-corrected chi connectivity index (χ2v) is 6.68. The van der Waals surface area contributed by atoms with Gasteiger partial charge in [-0.1, -0.05) is 22.0 Å². The summed E-state index contributed by atoms with van der Waals surface area (Å²) in [6.45, 7) is 2.47. The first-order valence-electron chi connectivity index (χ1n) is 6.26. The van der Waals surface area contributed by atoms with E-state index >= 15 is 0 Å². The lowest BCUT2D eigenvalue weighted by Gasteiger charge is -2.18. The first kappa shape index (κ1) is 13.5. The second-order valence-electron chi connectivity index (χ2n) is 4.73. The number of hydrogen-bond acceptors (Lipinski definition) is 3. The molecule has 0 aliphatic carbocycles. The lowest BCUT2D eigenvalue weighted by molar-refractivity contribution is -0.114. The SMILES string of the molecule is Cc1cc(Br)cc2c1N(CCc1cccs1)C(=O)C2=O. The molecule has 0 bridgehead atoms. The maximum Gasteiger partial charge on any atom is 0.299 e. The summed E-state index contributed by atoms with van der Waals surface area (Å²) in [5, 5.41) is 2.02. The van der Waals surface area contributed by atoms with Crippen LogP contribution in [0.4, 0.5) is 5.69 Å². The van der Waals surface area contributed by atoms with E-state index in [9.17, 15) is 9.59 Å². The Morgan fingerprint density at radius 1 is 1.30 bits per heavy atom. The van der Waals surface area contributed by atoms with Crippen LogP contribution in [-0.4, -0.2) is 18.2 Å². The number of carbonyl (C=O) groups is 2. The van der Waals surface area contributed by atoms with Crippen LogP contribution in [0, 0.1) is 6.92 Å². The maximum atomic E-state index is 12.1. The molecule has 5 heteroatoms. The molecule has 0 saturated heterocycles. The predicted molar refractivity (Wildman–Crippen MR) is 83.6 cm³/mol. The fraction of sp³-hybridized carbons (Fsp3) is 0.200. The van der Waals surface area contributed by atoms with Crippen molar-refractivity contribution in [1.82, 2.24) is 0 Å². The summed E-state index contributed by atoms with van der Waals surface area (Å²) in [4.78, 5) is 27.0. The second kappa shape index (κ2) is 5.14. The summed E-state index contributed by atoms with van der Waals surface area (Å²) in [7, 11) is 0. The fourth-order valence-electron chi connectivity index (χ4n) is 2.50. The number of thiophene rings is 1. The van der Waals surface area contributed by atoms with Gasteiger partial charge < -0.3 is 4.90 Å². The first-order valence-corrected chi connectivity index (χ1v) is 7.94. The van der Waals surface area contributed by atoms with Crippen molar-refractivity contribution in [2.24, 2.45) is 0 Å². The van der Waals surface area contributed by atoms with E-state index in [0.29, 0.717) is 12.1 Å². The van der Waals surface area contributed by atoms with Crippen molar-refractivity contribution in [2.75, 3.05) is 11.4 Å². The third-order valence-electron chi connectivity index (χ3n) is 3.38. The molecule has 0 radical (unpaired) electrons. The third kappa shape index (κ3) is 2.21. The Kier molecular flexibility index (Phi) is 3.48. The largest absolute Gasteiger partial charge is 0.304 e. The summed E-state index contributed by atoms with van der Waals surface area (Å²) in [6, 6.07) is 7.70. The van der Waals surface area contributed by atoms with Gasteiger partial charge in [-0.2, -0.15) is 0 Å². The average molecular weight is 350 g/mol. The topological polar surface area (TPSA) is 37.4 Å². The molecule has 0 atom stereocenters. The summed E-state index contributed by atoms with van der Waals surface area (Å²) in [5.41, 5.74) is 2.22. The van der Waals surface area contributed by atoms with Crippen LogP contribution >= 0.6 is 27.3 Å². The molecule has 1 aromatic heterocycles. The number of anilines is 1. The zero-order valence-electron chi connectivity index (χ0n) is 10.9. The van der Waals surface area contributed by atoms with Crippen LogP contribution in [-0.2, 0) is 11.2 Å². The van der Waals surface area contributed by atoms with Crippen molar-refractivity contribution in [3.8, 4) is 0 Å². The molecule has 0 unspecified atom stereocenters. The number of halogens is 1. The van der Waals surface area contributed by atoms with E-state index < -0.39 is 11.7 Å².